The van der Waals surface area contributed by atoms with Crippen molar-refractivity contribution in [3.05, 3.63) is 52.3 Å². The Morgan fingerprint density at radius 2 is 1.91 bits per heavy atom. The molecule has 2 heterocycles. The lowest BCUT2D eigenvalue weighted by Gasteiger charge is -2.35. The largest absolute Gasteiger partial charge is 0.390 e. The molecule has 0 spiro atoms. The van der Waals surface area contributed by atoms with Crippen LogP contribution in [0.25, 0.3) is 0 Å². The second kappa shape index (κ2) is 10.5. The number of imidazole rings is 1. The van der Waals surface area contributed by atoms with Crippen LogP contribution in [0.3, 0.4) is 0 Å². The van der Waals surface area contributed by atoms with E-state index in [1.807, 2.05) is 25.3 Å². The van der Waals surface area contributed by atoms with Crippen LogP contribution in [0.4, 0.5) is 0 Å². The molecule has 0 aliphatic heterocycles. The standard InChI is InChI=1S/C22H32ClN7O3S/c1-6-7-8-18-24-20(23)17(14-31)30(18)13-15-9-11-16(12-10-15)34(32,33)29(5)19(22(2,3)4)21-25-27-28-26-21/h9-12,19,31H,6-8,13-14H2,1-5H3,(H,25,26,27,28). The Morgan fingerprint density at radius 1 is 1.24 bits per heavy atom. The molecule has 0 saturated heterocycles. The SMILES string of the molecule is CCCCc1nc(Cl)c(CO)n1Cc1ccc(S(=O)(=O)N(C)C(c2nnn[nH]2)C(C)(C)C)cc1. The zero-order valence-corrected chi connectivity index (χ0v) is 21.7. The third-order valence-corrected chi connectivity index (χ3v) is 7.89. The summed E-state index contributed by atoms with van der Waals surface area (Å²) in [5.74, 6) is 1.18. The lowest BCUT2D eigenvalue weighted by atomic mass is 9.86. The summed E-state index contributed by atoms with van der Waals surface area (Å²) >= 11 is 6.23. The molecule has 3 aromatic rings. The smallest absolute Gasteiger partial charge is 0.243 e. The van der Waals surface area contributed by atoms with Gasteiger partial charge in [-0.15, -0.1) is 5.10 Å². The number of aromatic amines is 1. The van der Waals surface area contributed by atoms with Gasteiger partial charge in [0.25, 0.3) is 0 Å². The Kier molecular flexibility index (Phi) is 8.12. The Labute approximate surface area is 205 Å². The van der Waals surface area contributed by atoms with Gasteiger partial charge in [0.2, 0.25) is 10.0 Å². The number of hydrogen-bond donors (Lipinski definition) is 2. The molecule has 2 N–H and O–H groups in total. The minimum atomic E-state index is -3.83. The van der Waals surface area contributed by atoms with Gasteiger partial charge in [0.15, 0.2) is 11.0 Å². The number of hydrogen-bond acceptors (Lipinski definition) is 7. The number of H-pyrrole nitrogens is 1. The van der Waals surface area contributed by atoms with Crippen molar-refractivity contribution in [2.24, 2.45) is 5.41 Å². The third-order valence-electron chi connectivity index (χ3n) is 5.75. The van der Waals surface area contributed by atoms with Crippen molar-refractivity contribution in [3.8, 4) is 0 Å². The number of nitrogens with zero attached hydrogens (tertiary/aromatic N) is 6. The molecule has 0 aliphatic rings. The van der Waals surface area contributed by atoms with E-state index in [1.165, 1.54) is 11.4 Å². The van der Waals surface area contributed by atoms with E-state index < -0.39 is 21.5 Å². The molecule has 0 saturated carbocycles. The second-order valence-electron chi connectivity index (χ2n) is 9.33. The van der Waals surface area contributed by atoms with Gasteiger partial charge in [-0.2, -0.15) is 4.31 Å². The van der Waals surface area contributed by atoms with Crippen molar-refractivity contribution in [2.75, 3.05) is 7.05 Å². The van der Waals surface area contributed by atoms with Gasteiger partial charge in [0.05, 0.1) is 23.2 Å². The van der Waals surface area contributed by atoms with Gasteiger partial charge >= 0.3 is 0 Å². The van der Waals surface area contributed by atoms with Crippen molar-refractivity contribution in [1.82, 2.24) is 34.5 Å². The molecule has 34 heavy (non-hydrogen) atoms. The highest BCUT2D eigenvalue weighted by molar-refractivity contribution is 7.89. The van der Waals surface area contributed by atoms with E-state index in [2.05, 4.69) is 32.5 Å². The first-order valence-corrected chi connectivity index (χ1v) is 13.0. The van der Waals surface area contributed by atoms with Gasteiger partial charge in [0, 0.05) is 20.0 Å². The van der Waals surface area contributed by atoms with Crippen LogP contribution >= 0.6 is 11.6 Å². The highest BCUT2D eigenvalue weighted by atomic mass is 35.5. The van der Waals surface area contributed by atoms with Crippen molar-refractivity contribution < 1.29 is 13.5 Å². The Bertz CT molecular complexity index is 1190. The molecule has 186 valence electrons. The number of aryl methyl sites for hydroxylation is 1. The molecule has 0 fully saturated rings. The summed E-state index contributed by atoms with van der Waals surface area (Å²) < 4.78 is 30.1. The van der Waals surface area contributed by atoms with Crippen LogP contribution < -0.4 is 0 Å². The monoisotopic (exact) mass is 509 g/mol. The van der Waals surface area contributed by atoms with Gasteiger partial charge in [-0.25, -0.2) is 18.5 Å². The zero-order chi connectivity index (χ0) is 25.1. The highest BCUT2D eigenvalue weighted by Gasteiger charge is 2.39. The molecule has 1 aromatic carbocycles. The summed E-state index contributed by atoms with van der Waals surface area (Å²) in [6.45, 7) is 8.10. The number of benzene rings is 1. The highest BCUT2D eigenvalue weighted by Crippen LogP contribution is 2.38. The van der Waals surface area contributed by atoms with Gasteiger partial charge in [-0.1, -0.05) is 57.8 Å². The zero-order valence-electron chi connectivity index (χ0n) is 20.2. The van der Waals surface area contributed by atoms with E-state index in [1.54, 1.807) is 24.3 Å². The maximum atomic E-state index is 13.4. The number of sulfonamides is 1. The molecule has 1 unspecified atom stereocenters. The molecule has 2 aromatic heterocycles. The van der Waals surface area contributed by atoms with Crippen LogP contribution in [0.1, 0.15) is 69.5 Å². The lowest BCUT2D eigenvalue weighted by Crippen LogP contribution is -2.39. The first-order valence-electron chi connectivity index (χ1n) is 11.2. The predicted octanol–water partition coefficient (Wildman–Crippen LogP) is 3.34. The number of nitrogens with one attached hydrogen (secondary N) is 1. The van der Waals surface area contributed by atoms with Gasteiger partial charge < -0.3 is 9.67 Å². The number of aliphatic hydroxyl groups is 1. The number of unbranched alkanes of at least 4 members (excludes halogenated alkanes) is 1. The molecule has 0 bridgehead atoms. The lowest BCUT2D eigenvalue weighted by molar-refractivity contribution is 0.191. The number of tetrazole rings is 1. The Morgan fingerprint density at radius 3 is 2.44 bits per heavy atom. The van der Waals surface area contributed by atoms with Gasteiger partial charge in [0.1, 0.15) is 5.82 Å². The maximum absolute atomic E-state index is 13.4. The number of aromatic nitrogens is 6. The molecule has 3 rings (SSSR count). The topological polar surface area (TPSA) is 130 Å². The quantitative estimate of drug-likeness (QED) is 0.428. The number of halogens is 1. The number of rotatable bonds is 10. The van der Waals surface area contributed by atoms with Gasteiger partial charge in [-0.05, 0) is 40.0 Å². The van der Waals surface area contributed by atoms with E-state index in [-0.39, 0.29) is 11.5 Å². The summed E-state index contributed by atoms with van der Waals surface area (Å²) in [5.41, 5.74) is 0.965. The van der Waals surface area contributed by atoms with Crippen LogP contribution in [0.5, 0.6) is 0 Å². The summed E-state index contributed by atoms with van der Waals surface area (Å²) in [7, 11) is -2.30. The fourth-order valence-corrected chi connectivity index (χ4v) is 5.80. The molecule has 0 amide bonds. The average molecular weight is 510 g/mol. The maximum Gasteiger partial charge on any atom is 0.243 e. The molecular formula is C22H32ClN7O3S. The van der Waals surface area contributed by atoms with E-state index in [4.69, 9.17) is 11.6 Å². The molecular weight excluding hydrogens is 478 g/mol. The van der Waals surface area contributed by atoms with E-state index in [0.717, 1.165) is 30.7 Å². The Hall–Kier alpha value is -2.34. The molecule has 0 radical (unpaired) electrons. The van der Waals surface area contributed by atoms with Crippen LogP contribution in [0.15, 0.2) is 29.2 Å². The summed E-state index contributed by atoms with van der Waals surface area (Å²) in [6, 6.07) is 6.11. The fourth-order valence-electron chi connectivity index (χ4n) is 4.03. The first kappa shape index (κ1) is 26.3. The van der Waals surface area contributed by atoms with Crippen LogP contribution in [0, 0.1) is 5.41 Å². The van der Waals surface area contributed by atoms with Crippen molar-refractivity contribution >= 4 is 21.6 Å². The average Bonchev–Trinajstić information content (AvgIpc) is 3.39. The molecule has 0 aliphatic carbocycles. The van der Waals surface area contributed by atoms with Crippen LogP contribution in [-0.4, -0.2) is 55.1 Å². The van der Waals surface area contributed by atoms with Crippen LogP contribution in [-0.2, 0) is 29.6 Å². The Balaban J connectivity index is 1.88. The summed E-state index contributed by atoms with van der Waals surface area (Å²) in [4.78, 5) is 4.57. The van der Waals surface area contributed by atoms with Crippen molar-refractivity contribution in [1.29, 1.82) is 0 Å². The minimum Gasteiger partial charge on any atom is -0.390 e. The molecule has 12 heteroatoms. The van der Waals surface area contributed by atoms with E-state index in [9.17, 15) is 13.5 Å². The van der Waals surface area contributed by atoms with Crippen molar-refractivity contribution in [2.45, 2.75) is 71.0 Å². The van der Waals surface area contributed by atoms with Crippen LogP contribution in [0.2, 0.25) is 5.15 Å². The normalized spacial score (nSPS) is 13.5. The summed E-state index contributed by atoms with van der Waals surface area (Å²) in [6.07, 6.45) is 2.72. The number of aliphatic hydroxyl groups excluding tert-OH is 1. The van der Waals surface area contributed by atoms with E-state index >= 15 is 0 Å². The van der Waals surface area contributed by atoms with E-state index in [0.29, 0.717) is 23.2 Å². The fraction of sp³-hybridized carbons (Fsp3) is 0.545. The molecule has 10 nitrogen and oxygen atoms in total. The predicted molar refractivity (Wildman–Crippen MR) is 129 cm³/mol. The first-order chi connectivity index (χ1) is 16.0. The third kappa shape index (κ3) is 5.48. The molecule has 1 atom stereocenters. The second-order valence-corrected chi connectivity index (χ2v) is 11.7. The minimum absolute atomic E-state index is 0.165. The van der Waals surface area contributed by atoms with Crippen molar-refractivity contribution in [3.63, 3.8) is 0 Å². The summed E-state index contributed by atoms with van der Waals surface area (Å²) in [5, 5.41) is 23.9. The van der Waals surface area contributed by atoms with Gasteiger partial charge in [-0.3, -0.25) is 0 Å².